The molecule has 1 aromatic carbocycles. The molecule has 0 aliphatic rings. The van der Waals surface area contributed by atoms with Crippen LogP contribution in [-0.2, 0) is 6.54 Å². The average molecular weight is 298 g/mol. The molecular formula is C11H9BrFN3O. The number of aromatic nitrogens is 2. The second-order valence-electron chi connectivity index (χ2n) is 3.50. The Morgan fingerprint density at radius 3 is 2.82 bits per heavy atom. The van der Waals surface area contributed by atoms with E-state index in [1.54, 1.807) is 12.1 Å². The highest BCUT2D eigenvalue weighted by molar-refractivity contribution is 9.10. The fourth-order valence-electron chi connectivity index (χ4n) is 1.39. The zero-order valence-electron chi connectivity index (χ0n) is 8.73. The van der Waals surface area contributed by atoms with E-state index in [1.165, 1.54) is 22.9 Å². The van der Waals surface area contributed by atoms with Crippen molar-refractivity contribution in [3.63, 3.8) is 0 Å². The molecule has 0 saturated heterocycles. The summed E-state index contributed by atoms with van der Waals surface area (Å²) < 4.78 is 14.6. The summed E-state index contributed by atoms with van der Waals surface area (Å²) in [4.78, 5) is 11.5. The first kappa shape index (κ1) is 11.8. The molecule has 0 spiro atoms. The summed E-state index contributed by atoms with van der Waals surface area (Å²) >= 11 is 3.08. The topological polar surface area (TPSA) is 60.9 Å². The van der Waals surface area contributed by atoms with E-state index < -0.39 is 0 Å². The number of nitrogens with two attached hydrogens (primary N) is 1. The minimum atomic E-state index is -0.346. The molecule has 0 aliphatic carbocycles. The van der Waals surface area contributed by atoms with Gasteiger partial charge in [-0.05, 0) is 39.7 Å². The molecular weight excluding hydrogens is 289 g/mol. The lowest BCUT2D eigenvalue weighted by Crippen LogP contribution is -2.23. The summed E-state index contributed by atoms with van der Waals surface area (Å²) in [7, 11) is 0. The highest BCUT2D eigenvalue weighted by Crippen LogP contribution is 2.17. The highest BCUT2D eigenvalue weighted by Gasteiger charge is 2.03. The standard InChI is InChI=1S/C11H9BrFN3O/c12-8-5-7(1-2-9(8)13)6-16-11(17)4-3-10(14)15-16/h1-5H,6H2,(H2,14,15). The van der Waals surface area contributed by atoms with Gasteiger partial charge in [0.15, 0.2) is 0 Å². The molecule has 4 nitrogen and oxygen atoms in total. The molecule has 88 valence electrons. The third-order valence-corrected chi connectivity index (χ3v) is 2.81. The Morgan fingerprint density at radius 2 is 2.12 bits per heavy atom. The molecule has 0 amide bonds. The van der Waals surface area contributed by atoms with Gasteiger partial charge in [-0.3, -0.25) is 4.79 Å². The van der Waals surface area contributed by atoms with Crippen LogP contribution in [0.2, 0.25) is 0 Å². The van der Waals surface area contributed by atoms with Crippen molar-refractivity contribution in [1.82, 2.24) is 9.78 Å². The number of halogens is 2. The van der Waals surface area contributed by atoms with Crippen LogP contribution in [0, 0.1) is 5.82 Å². The zero-order chi connectivity index (χ0) is 12.4. The summed E-state index contributed by atoms with van der Waals surface area (Å²) in [6, 6.07) is 7.32. The van der Waals surface area contributed by atoms with Crippen molar-refractivity contribution in [2.75, 3.05) is 5.73 Å². The van der Waals surface area contributed by atoms with Crippen molar-refractivity contribution in [3.05, 3.63) is 56.5 Å². The fraction of sp³-hybridized carbons (Fsp3) is 0.0909. The van der Waals surface area contributed by atoms with Gasteiger partial charge in [0, 0.05) is 6.07 Å². The first-order valence-corrected chi connectivity index (χ1v) is 5.63. The number of benzene rings is 1. The zero-order valence-corrected chi connectivity index (χ0v) is 10.3. The van der Waals surface area contributed by atoms with Gasteiger partial charge in [-0.15, -0.1) is 0 Å². The second kappa shape index (κ2) is 4.67. The van der Waals surface area contributed by atoms with Gasteiger partial charge in [0.25, 0.3) is 5.56 Å². The van der Waals surface area contributed by atoms with Crippen molar-refractivity contribution in [1.29, 1.82) is 0 Å². The smallest absolute Gasteiger partial charge is 0.267 e. The Labute approximate surface area is 105 Å². The van der Waals surface area contributed by atoms with E-state index in [9.17, 15) is 9.18 Å². The number of hydrogen-bond donors (Lipinski definition) is 1. The Hall–Kier alpha value is -1.69. The summed E-state index contributed by atoms with van der Waals surface area (Å²) in [5, 5.41) is 3.89. The molecule has 1 aromatic heterocycles. The van der Waals surface area contributed by atoms with Crippen LogP contribution in [0.1, 0.15) is 5.56 Å². The molecule has 0 aliphatic heterocycles. The minimum Gasteiger partial charge on any atom is -0.382 e. The maximum Gasteiger partial charge on any atom is 0.267 e. The molecule has 2 rings (SSSR count). The monoisotopic (exact) mass is 297 g/mol. The summed E-state index contributed by atoms with van der Waals surface area (Å²) in [6.45, 7) is 0.253. The number of hydrogen-bond acceptors (Lipinski definition) is 3. The van der Waals surface area contributed by atoms with Crippen molar-refractivity contribution < 1.29 is 4.39 Å². The van der Waals surface area contributed by atoms with Crippen LogP contribution in [0.25, 0.3) is 0 Å². The molecule has 0 bridgehead atoms. The molecule has 1 heterocycles. The van der Waals surface area contributed by atoms with Crippen molar-refractivity contribution in [3.8, 4) is 0 Å². The molecule has 0 saturated carbocycles. The Bertz CT molecular complexity index is 612. The maximum atomic E-state index is 13.0. The maximum absolute atomic E-state index is 13.0. The van der Waals surface area contributed by atoms with Crippen LogP contribution in [0.3, 0.4) is 0 Å². The average Bonchev–Trinajstić information content (AvgIpc) is 2.29. The van der Waals surface area contributed by atoms with Gasteiger partial charge in [-0.25, -0.2) is 9.07 Å². The summed E-state index contributed by atoms with van der Waals surface area (Å²) in [5.74, 6) is -0.0765. The molecule has 6 heteroatoms. The normalized spacial score (nSPS) is 10.5. The molecule has 0 fully saturated rings. The number of nitrogen functional groups attached to an aromatic ring is 1. The van der Waals surface area contributed by atoms with E-state index >= 15 is 0 Å². The van der Waals surface area contributed by atoms with Crippen LogP contribution in [0.5, 0.6) is 0 Å². The van der Waals surface area contributed by atoms with Gasteiger partial charge in [-0.2, -0.15) is 5.10 Å². The lowest BCUT2D eigenvalue weighted by Gasteiger charge is -2.05. The minimum absolute atomic E-state index is 0.250. The van der Waals surface area contributed by atoms with Crippen LogP contribution >= 0.6 is 15.9 Å². The Morgan fingerprint density at radius 1 is 1.35 bits per heavy atom. The molecule has 0 unspecified atom stereocenters. The first-order valence-electron chi connectivity index (χ1n) is 4.84. The predicted molar refractivity (Wildman–Crippen MR) is 66.1 cm³/mol. The second-order valence-corrected chi connectivity index (χ2v) is 4.36. The molecule has 0 atom stereocenters. The Kier molecular flexibility index (Phi) is 3.23. The quantitative estimate of drug-likeness (QED) is 0.919. The Balaban J connectivity index is 2.34. The molecule has 17 heavy (non-hydrogen) atoms. The first-order chi connectivity index (χ1) is 8.06. The number of anilines is 1. The largest absolute Gasteiger partial charge is 0.382 e. The van der Waals surface area contributed by atoms with E-state index in [1.807, 2.05) is 0 Å². The van der Waals surface area contributed by atoms with Gasteiger partial charge in [0.1, 0.15) is 11.6 Å². The number of nitrogens with zero attached hydrogens (tertiary/aromatic N) is 2. The van der Waals surface area contributed by atoms with Gasteiger partial charge >= 0.3 is 0 Å². The molecule has 2 N–H and O–H groups in total. The summed E-state index contributed by atoms with van der Waals surface area (Å²) in [6.07, 6.45) is 0. The predicted octanol–water partition coefficient (Wildman–Crippen LogP) is 1.78. The number of rotatable bonds is 2. The summed E-state index contributed by atoms with van der Waals surface area (Å²) in [5.41, 5.74) is 6.01. The van der Waals surface area contributed by atoms with Crippen molar-refractivity contribution in [2.24, 2.45) is 0 Å². The third kappa shape index (κ3) is 2.71. The van der Waals surface area contributed by atoms with E-state index in [0.717, 1.165) is 5.56 Å². The van der Waals surface area contributed by atoms with Gasteiger partial charge in [-0.1, -0.05) is 6.07 Å². The van der Waals surface area contributed by atoms with Gasteiger partial charge in [0.05, 0.1) is 11.0 Å². The van der Waals surface area contributed by atoms with Crippen molar-refractivity contribution >= 4 is 21.7 Å². The van der Waals surface area contributed by atoms with Crippen LogP contribution in [-0.4, -0.2) is 9.78 Å². The van der Waals surface area contributed by atoms with Crippen LogP contribution in [0.4, 0.5) is 10.2 Å². The van der Waals surface area contributed by atoms with Crippen LogP contribution in [0.15, 0.2) is 39.6 Å². The molecule has 2 aromatic rings. The molecule has 0 radical (unpaired) electrons. The SMILES string of the molecule is Nc1ccc(=O)n(Cc2ccc(F)c(Br)c2)n1. The van der Waals surface area contributed by atoms with E-state index in [-0.39, 0.29) is 23.7 Å². The van der Waals surface area contributed by atoms with Crippen LogP contribution < -0.4 is 11.3 Å². The lowest BCUT2D eigenvalue weighted by molar-refractivity contribution is 0.614. The van der Waals surface area contributed by atoms with Gasteiger partial charge < -0.3 is 5.73 Å². The lowest BCUT2D eigenvalue weighted by atomic mass is 10.2. The van der Waals surface area contributed by atoms with Crippen molar-refractivity contribution in [2.45, 2.75) is 6.54 Å². The van der Waals surface area contributed by atoms with E-state index in [0.29, 0.717) is 4.47 Å². The van der Waals surface area contributed by atoms with E-state index in [4.69, 9.17) is 5.73 Å². The fourth-order valence-corrected chi connectivity index (χ4v) is 1.82. The van der Waals surface area contributed by atoms with E-state index in [2.05, 4.69) is 21.0 Å². The highest BCUT2D eigenvalue weighted by atomic mass is 79.9. The third-order valence-electron chi connectivity index (χ3n) is 2.20. The van der Waals surface area contributed by atoms with Gasteiger partial charge in [0.2, 0.25) is 0 Å².